The largest absolute Gasteiger partial charge is 0.454 e. The zero-order valence-corrected chi connectivity index (χ0v) is 15.6. The van der Waals surface area contributed by atoms with E-state index >= 15 is 0 Å². The predicted octanol–water partition coefficient (Wildman–Crippen LogP) is 3.16. The molecule has 0 spiro atoms. The molecule has 2 aromatic carbocycles. The van der Waals surface area contributed by atoms with Gasteiger partial charge in [0, 0.05) is 24.8 Å². The first-order valence-corrected chi connectivity index (χ1v) is 9.51. The molecule has 2 heterocycles. The summed E-state index contributed by atoms with van der Waals surface area (Å²) in [4.78, 5) is 12.8. The third-order valence-electron chi connectivity index (χ3n) is 4.79. The van der Waals surface area contributed by atoms with Crippen LogP contribution in [-0.2, 0) is 6.54 Å². The van der Waals surface area contributed by atoms with Crippen molar-refractivity contribution in [3.05, 3.63) is 52.5 Å². The highest BCUT2D eigenvalue weighted by molar-refractivity contribution is 6.34. The van der Waals surface area contributed by atoms with Crippen molar-refractivity contribution in [1.82, 2.24) is 10.6 Å². The monoisotopic (exact) mass is 387 g/mol. The lowest BCUT2D eigenvalue weighted by molar-refractivity contribution is 0.0951. The van der Waals surface area contributed by atoms with Crippen molar-refractivity contribution in [1.29, 1.82) is 0 Å². The standard InChI is InChI=1S/C20H22ClN3O3/c21-15-4-1-5-16(24-14-3-2-8-22-11-14)19(15)20(25)23-10-13-6-7-17-18(9-13)27-12-26-17/h1,4-7,9,14,22,24H,2-3,8,10-12H2,(H,23,25). The van der Waals surface area contributed by atoms with Gasteiger partial charge in [-0.3, -0.25) is 4.79 Å². The first-order chi connectivity index (χ1) is 13.2. The van der Waals surface area contributed by atoms with Crippen LogP contribution in [-0.4, -0.2) is 31.8 Å². The van der Waals surface area contributed by atoms with Crippen LogP contribution in [0.1, 0.15) is 28.8 Å². The highest BCUT2D eigenvalue weighted by Gasteiger charge is 2.20. The molecule has 4 rings (SSSR count). The van der Waals surface area contributed by atoms with Crippen LogP contribution < -0.4 is 25.4 Å². The number of amides is 1. The number of benzene rings is 2. The predicted molar refractivity (Wildman–Crippen MR) is 105 cm³/mol. The number of ether oxygens (including phenoxy) is 2. The first-order valence-electron chi connectivity index (χ1n) is 9.13. The van der Waals surface area contributed by atoms with Crippen molar-refractivity contribution < 1.29 is 14.3 Å². The van der Waals surface area contributed by atoms with Crippen molar-refractivity contribution in [3.8, 4) is 11.5 Å². The highest BCUT2D eigenvalue weighted by Crippen LogP contribution is 2.32. The van der Waals surface area contributed by atoms with E-state index in [2.05, 4.69) is 16.0 Å². The Morgan fingerprint density at radius 3 is 2.96 bits per heavy atom. The molecule has 1 atom stereocenters. The average Bonchev–Trinajstić information content (AvgIpc) is 3.15. The number of halogens is 1. The molecule has 1 saturated heterocycles. The summed E-state index contributed by atoms with van der Waals surface area (Å²) in [5.74, 6) is 1.22. The quantitative estimate of drug-likeness (QED) is 0.735. The van der Waals surface area contributed by atoms with Crippen LogP contribution in [0, 0.1) is 0 Å². The molecular weight excluding hydrogens is 366 g/mol. The Bertz CT molecular complexity index is 837. The molecule has 142 valence electrons. The molecule has 0 aromatic heterocycles. The lowest BCUT2D eigenvalue weighted by Crippen LogP contribution is -2.39. The van der Waals surface area contributed by atoms with E-state index in [1.165, 1.54) is 0 Å². The molecule has 2 aliphatic rings. The Labute approximate surface area is 163 Å². The molecule has 7 heteroatoms. The van der Waals surface area contributed by atoms with E-state index in [4.69, 9.17) is 21.1 Å². The Balaban J connectivity index is 1.46. The van der Waals surface area contributed by atoms with Gasteiger partial charge in [-0.1, -0.05) is 23.7 Å². The Morgan fingerprint density at radius 2 is 2.11 bits per heavy atom. The minimum Gasteiger partial charge on any atom is -0.454 e. The van der Waals surface area contributed by atoms with Gasteiger partial charge >= 0.3 is 0 Å². The fraction of sp³-hybridized carbons (Fsp3) is 0.350. The van der Waals surface area contributed by atoms with E-state index < -0.39 is 0 Å². The van der Waals surface area contributed by atoms with Gasteiger partial charge in [0.05, 0.1) is 10.6 Å². The normalized spacial score (nSPS) is 18.2. The number of hydrogen-bond acceptors (Lipinski definition) is 5. The van der Waals surface area contributed by atoms with E-state index in [-0.39, 0.29) is 18.7 Å². The van der Waals surface area contributed by atoms with Crippen molar-refractivity contribution in [3.63, 3.8) is 0 Å². The van der Waals surface area contributed by atoms with Gasteiger partial charge in [-0.05, 0) is 49.2 Å². The van der Waals surface area contributed by atoms with Crippen LogP contribution in [0.5, 0.6) is 11.5 Å². The second kappa shape index (κ2) is 8.06. The summed E-state index contributed by atoms with van der Waals surface area (Å²) < 4.78 is 10.7. The minimum absolute atomic E-state index is 0.204. The molecule has 0 radical (unpaired) electrons. The second-order valence-electron chi connectivity index (χ2n) is 6.72. The van der Waals surface area contributed by atoms with Crippen LogP contribution >= 0.6 is 11.6 Å². The summed E-state index contributed by atoms with van der Waals surface area (Å²) in [6, 6.07) is 11.4. The van der Waals surface area contributed by atoms with Gasteiger partial charge in [0.25, 0.3) is 5.91 Å². The summed E-state index contributed by atoms with van der Waals surface area (Å²) in [6.45, 7) is 2.53. The maximum atomic E-state index is 12.8. The summed E-state index contributed by atoms with van der Waals surface area (Å²) in [6.07, 6.45) is 2.18. The molecule has 2 aliphatic heterocycles. The Kier molecular flexibility index (Phi) is 5.36. The Hall–Kier alpha value is -2.44. The van der Waals surface area contributed by atoms with Crippen LogP contribution in [0.25, 0.3) is 0 Å². The molecule has 6 nitrogen and oxygen atoms in total. The third-order valence-corrected chi connectivity index (χ3v) is 5.10. The fourth-order valence-corrected chi connectivity index (χ4v) is 3.65. The highest BCUT2D eigenvalue weighted by atomic mass is 35.5. The van der Waals surface area contributed by atoms with Crippen LogP contribution in [0.2, 0.25) is 5.02 Å². The summed E-state index contributed by atoms with van der Waals surface area (Å²) in [5.41, 5.74) is 2.18. The molecular formula is C20H22ClN3O3. The number of carbonyl (C=O) groups is 1. The number of rotatable bonds is 5. The maximum absolute atomic E-state index is 12.8. The van der Waals surface area contributed by atoms with Gasteiger partial charge in [-0.15, -0.1) is 0 Å². The van der Waals surface area contributed by atoms with E-state index in [9.17, 15) is 4.79 Å². The molecule has 27 heavy (non-hydrogen) atoms. The van der Waals surface area contributed by atoms with Gasteiger partial charge in [-0.25, -0.2) is 0 Å². The maximum Gasteiger partial charge on any atom is 0.255 e. The minimum atomic E-state index is -0.204. The smallest absolute Gasteiger partial charge is 0.255 e. The summed E-state index contributed by atoms with van der Waals surface area (Å²) in [7, 11) is 0. The number of piperidine rings is 1. The SMILES string of the molecule is O=C(NCc1ccc2c(c1)OCO2)c1c(Cl)cccc1NC1CCCNC1. The molecule has 1 fully saturated rings. The first kappa shape index (κ1) is 17.9. The van der Waals surface area contributed by atoms with Gasteiger partial charge in [0.1, 0.15) is 0 Å². The van der Waals surface area contributed by atoms with Gasteiger partial charge in [0.2, 0.25) is 6.79 Å². The molecule has 2 aromatic rings. The lowest BCUT2D eigenvalue weighted by atomic mass is 10.1. The lowest BCUT2D eigenvalue weighted by Gasteiger charge is -2.26. The van der Waals surface area contributed by atoms with E-state index in [1.807, 2.05) is 30.3 Å². The summed E-state index contributed by atoms with van der Waals surface area (Å²) >= 11 is 6.35. The number of hydrogen-bond donors (Lipinski definition) is 3. The van der Waals surface area contributed by atoms with E-state index in [0.29, 0.717) is 22.9 Å². The third kappa shape index (κ3) is 4.12. The van der Waals surface area contributed by atoms with Crippen LogP contribution in [0.15, 0.2) is 36.4 Å². The van der Waals surface area contributed by atoms with Crippen molar-refractivity contribution in [2.75, 3.05) is 25.2 Å². The number of fused-ring (bicyclic) bond motifs is 1. The van der Waals surface area contributed by atoms with Gasteiger partial charge in [-0.2, -0.15) is 0 Å². The number of nitrogens with one attached hydrogen (secondary N) is 3. The number of carbonyl (C=O) groups excluding carboxylic acids is 1. The van der Waals surface area contributed by atoms with Gasteiger partial charge in [0.15, 0.2) is 11.5 Å². The van der Waals surface area contributed by atoms with Crippen molar-refractivity contribution in [2.24, 2.45) is 0 Å². The number of anilines is 1. The summed E-state index contributed by atoms with van der Waals surface area (Å²) in [5, 5.41) is 10.2. The molecule has 0 saturated carbocycles. The topological polar surface area (TPSA) is 71.6 Å². The van der Waals surface area contributed by atoms with Crippen LogP contribution in [0.3, 0.4) is 0 Å². The van der Waals surface area contributed by atoms with Crippen LogP contribution in [0.4, 0.5) is 5.69 Å². The van der Waals surface area contributed by atoms with Gasteiger partial charge < -0.3 is 25.4 Å². The van der Waals surface area contributed by atoms with Crippen molar-refractivity contribution >= 4 is 23.2 Å². The molecule has 0 bridgehead atoms. The van der Waals surface area contributed by atoms with E-state index in [1.54, 1.807) is 6.07 Å². The molecule has 1 amide bonds. The second-order valence-corrected chi connectivity index (χ2v) is 7.13. The molecule has 3 N–H and O–H groups in total. The molecule has 0 aliphatic carbocycles. The van der Waals surface area contributed by atoms with Crippen molar-refractivity contribution in [2.45, 2.75) is 25.4 Å². The average molecular weight is 388 g/mol. The Morgan fingerprint density at radius 1 is 1.22 bits per heavy atom. The zero-order chi connectivity index (χ0) is 18.6. The molecule has 1 unspecified atom stereocenters. The fourth-order valence-electron chi connectivity index (χ4n) is 3.39. The van der Waals surface area contributed by atoms with E-state index in [0.717, 1.165) is 42.9 Å². The zero-order valence-electron chi connectivity index (χ0n) is 14.9.